The van der Waals surface area contributed by atoms with E-state index in [-0.39, 0.29) is 0 Å². The number of carboxylic acids is 1. The van der Waals surface area contributed by atoms with Crippen LogP contribution in [0.5, 0.6) is 0 Å². The monoisotopic (exact) mass is 312 g/mol. The van der Waals surface area contributed by atoms with Crippen molar-refractivity contribution in [1.29, 1.82) is 0 Å². The largest absolute Gasteiger partial charge is 0.478 e. The van der Waals surface area contributed by atoms with Crippen LogP contribution in [0.2, 0.25) is 0 Å². The maximum atomic E-state index is 10.2. The van der Waals surface area contributed by atoms with Gasteiger partial charge in [0.2, 0.25) is 0 Å². The molecule has 0 aromatic heterocycles. The molecule has 0 aliphatic heterocycles. The van der Waals surface area contributed by atoms with Crippen molar-refractivity contribution >= 4 is 5.97 Å². The molecule has 0 aliphatic carbocycles. The number of hydrogen-bond donors (Lipinski definition) is 3. The maximum absolute atomic E-state index is 10.2. The molecule has 4 nitrogen and oxygen atoms in total. The van der Waals surface area contributed by atoms with Crippen LogP contribution in [-0.2, 0) is 4.79 Å². The van der Waals surface area contributed by atoms with Crippen molar-refractivity contribution in [2.75, 3.05) is 0 Å². The number of allylic oxidation sites excluding steroid dienone is 2. The summed E-state index contributed by atoms with van der Waals surface area (Å²) in [7, 11) is 0. The number of unbranched alkanes of at least 4 members (excludes halogenated alkanes) is 8. The van der Waals surface area contributed by atoms with Gasteiger partial charge in [0.15, 0.2) is 0 Å². The van der Waals surface area contributed by atoms with Gasteiger partial charge in [0, 0.05) is 6.08 Å². The molecule has 0 saturated carbocycles. The van der Waals surface area contributed by atoms with E-state index in [1.54, 1.807) is 0 Å². The quantitative estimate of drug-likeness (QED) is 0.259. The van der Waals surface area contributed by atoms with Crippen LogP contribution < -0.4 is 0 Å². The number of carboxylic acid groups (broad SMARTS) is 1. The van der Waals surface area contributed by atoms with Gasteiger partial charge in [-0.1, -0.05) is 82.9 Å². The summed E-state index contributed by atoms with van der Waals surface area (Å²) in [5.74, 6) is -1.03. The predicted molar refractivity (Wildman–Crippen MR) is 89.8 cm³/mol. The summed E-state index contributed by atoms with van der Waals surface area (Å²) >= 11 is 0. The molecule has 0 spiro atoms. The van der Waals surface area contributed by atoms with E-state index < -0.39 is 18.2 Å². The molecule has 0 aromatic carbocycles. The minimum absolute atomic E-state index is 0.573. The van der Waals surface area contributed by atoms with Gasteiger partial charge in [-0.3, -0.25) is 0 Å². The normalized spacial score (nSPS) is 14.7. The molecule has 2 unspecified atom stereocenters. The van der Waals surface area contributed by atoms with Crippen LogP contribution in [0, 0.1) is 0 Å². The highest BCUT2D eigenvalue weighted by molar-refractivity contribution is 5.80. The summed E-state index contributed by atoms with van der Waals surface area (Å²) in [5.41, 5.74) is 0. The van der Waals surface area contributed by atoms with Crippen LogP contribution in [-0.4, -0.2) is 33.5 Å². The summed E-state index contributed by atoms with van der Waals surface area (Å²) in [4.78, 5) is 10.2. The zero-order valence-electron chi connectivity index (χ0n) is 13.8. The Morgan fingerprint density at radius 2 is 1.45 bits per heavy atom. The maximum Gasteiger partial charge on any atom is 0.328 e. The second-order valence-electron chi connectivity index (χ2n) is 5.76. The Kier molecular flexibility index (Phi) is 14.0. The van der Waals surface area contributed by atoms with E-state index in [1.165, 1.54) is 63.2 Å². The lowest BCUT2D eigenvalue weighted by atomic mass is 10.0. The van der Waals surface area contributed by atoms with Crippen molar-refractivity contribution < 1.29 is 20.1 Å². The minimum atomic E-state index is -1.03. The Bertz CT molecular complexity index is 323. The van der Waals surface area contributed by atoms with E-state index in [9.17, 15) is 15.0 Å². The van der Waals surface area contributed by atoms with Crippen LogP contribution in [0.25, 0.3) is 0 Å². The van der Waals surface area contributed by atoms with E-state index in [4.69, 9.17) is 5.11 Å². The van der Waals surface area contributed by atoms with Gasteiger partial charge in [-0.25, -0.2) is 4.79 Å². The van der Waals surface area contributed by atoms with Crippen molar-refractivity contribution in [2.24, 2.45) is 0 Å². The lowest BCUT2D eigenvalue weighted by Gasteiger charge is -2.14. The third kappa shape index (κ3) is 13.8. The van der Waals surface area contributed by atoms with E-state index in [1.807, 2.05) is 0 Å². The number of rotatable bonds is 14. The van der Waals surface area contributed by atoms with Crippen LogP contribution in [0.15, 0.2) is 24.3 Å². The molecular formula is C18H32O4. The lowest BCUT2D eigenvalue weighted by Crippen LogP contribution is -2.23. The predicted octanol–water partition coefficient (Wildman–Crippen LogP) is 3.83. The van der Waals surface area contributed by atoms with Gasteiger partial charge in [0.1, 0.15) is 0 Å². The standard InChI is InChI=1S/C18H32O4/c1-2-3-4-5-6-7-8-9-10-13-16(19)17(20)14-11-12-15-18(21)22/h11-12,14-17,19-20H,2-10,13H2,1H3,(H,21,22). The van der Waals surface area contributed by atoms with Gasteiger partial charge >= 0.3 is 5.97 Å². The van der Waals surface area contributed by atoms with Crippen molar-refractivity contribution in [3.8, 4) is 0 Å². The molecule has 0 saturated heterocycles. The Morgan fingerprint density at radius 3 is 2.00 bits per heavy atom. The average Bonchev–Trinajstić information content (AvgIpc) is 2.49. The first kappa shape index (κ1) is 20.9. The molecule has 0 aromatic rings. The zero-order chi connectivity index (χ0) is 16.6. The van der Waals surface area contributed by atoms with Gasteiger partial charge in [-0.15, -0.1) is 0 Å². The molecular weight excluding hydrogens is 280 g/mol. The molecule has 22 heavy (non-hydrogen) atoms. The summed E-state index contributed by atoms with van der Waals surface area (Å²) in [6.45, 7) is 2.22. The Labute approximate surface area is 134 Å². The van der Waals surface area contributed by atoms with E-state index in [0.29, 0.717) is 6.42 Å². The smallest absolute Gasteiger partial charge is 0.328 e. The molecule has 0 aliphatic rings. The van der Waals surface area contributed by atoms with Crippen molar-refractivity contribution in [1.82, 2.24) is 0 Å². The second-order valence-corrected chi connectivity index (χ2v) is 5.76. The second kappa shape index (κ2) is 14.8. The van der Waals surface area contributed by atoms with Crippen LogP contribution in [0.1, 0.15) is 71.1 Å². The molecule has 128 valence electrons. The van der Waals surface area contributed by atoms with E-state index >= 15 is 0 Å². The van der Waals surface area contributed by atoms with Crippen molar-refractivity contribution in [3.63, 3.8) is 0 Å². The zero-order valence-corrected chi connectivity index (χ0v) is 13.8. The van der Waals surface area contributed by atoms with Crippen LogP contribution >= 0.6 is 0 Å². The first-order valence-corrected chi connectivity index (χ1v) is 8.51. The molecule has 0 radical (unpaired) electrons. The number of aliphatic hydroxyl groups is 2. The Hall–Kier alpha value is -1.13. The molecule has 4 heteroatoms. The van der Waals surface area contributed by atoms with E-state index in [0.717, 1.165) is 18.9 Å². The molecule has 0 heterocycles. The lowest BCUT2D eigenvalue weighted by molar-refractivity contribution is -0.131. The van der Waals surface area contributed by atoms with Crippen molar-refractivity contribution in [3.05, 3.63) is 24.3 Å². The third-order valence-electron chi connectivity index (χ3n) is 3.66. The average molecular weight is 312 g/mol. The number of hydrogen-bond acceptors (Lipinski definition) is 3. The summed E-state index contributed by atoms with van der Waals surface area (Å²) in [6, 6.07) is 0. The highest BCUT2D eigenvalue weighted by atomic mass is 16.4. The fourth-order valence-electron chi connectivity index (χ4n) is 2.28. The topological polar surface area (TPSA) is 77.8 Å². The molecule has 3 N–H and O–H groups in total. The highest BCUT2D eigenvalue weighted by Gasteiger charge is 2.11. The minimum Gasteiger partial charge on any atom is -0.478 e. The summed E-state index contributed by atoms with van der Waals surface area (Å²) in [6.07, 6.45) is 15.0. The van der Waals surface area contributed by atoms with Crippen LogP contribution in [0.3, 0.4) is 0 Å². The number of aliphatic carboxylic acids is 1. The number of aliphatic hydroxyl groups excluding tert-OH is 2. The van der Waals surface area contributed by atoms with Crippen LogP contribution in [0.4, 0.5) is 0 Å². The third-order valence-corrected chi connectivity index (χ3v) is 3.66. The molecule has 0 amide bonds. The van der Waals surface area contributed by atoms with Gasteiger partial charge in [0.05, 0.1) is 12.2 Å². The van der Waals surface area contributed by atoms with Gasteiger partial charge in [-0.2, -0.15) is 0 Å². The van der Waals surface area contributed by atoms with E-state index in [2.05, 4.69) is 6.92 Å². The van der Waals surface area contributed by atoms with Gasteiger partial charge in [-0.05, 0) is 6.42 Å². The molecule has 0 bridgehead atoms. The SMILES string of the molecule is CCCCCCCCCCCC(O)C(O)C=CC=CC(=O)O. The molecule has 0 fully saturated rings. The first-order valence-electron chi connectivity index (χ1n) is 8.51. The van der Waals surface area contributed by atoms with Gasteiger partial charge < -0.3 is 15.3 Å². The van der Waals surface area contributed by atoms with Gasteiger partial charge in [0.25, 0.3) is 0 Å². The first-order chi connectivity index (χ1) is 10.6. The summed E-state index contributed by atoms with van der Waals surface area (Å²) < 4.78 is 0. The highest BCUT2D eigenvalue weighted by Crippen LogP contribution is 2.12. The summed E-state index contributed by atoms with van der Waals surface area (Å²) in [5, 5.41) is 27.9. The van der Waals surface area contributed by atoms with Crippen molar-refractivity contribution in [2.45, 2.75) is 83.3 Å². The molecule has 2 atom stereocenters. The number of carbonyl (C=O) groups is 1. The Balaban J connectivity index is 3.55. The fourth-order valence-corrected chi connectivity index (χ4v) is 2.28. The molecule has 0 rings (SSSR count). The Morgan fingerprint density at radius 1 is 0.909 bits per heavy atom. The fraction of sp³-hybridized carbons (Fsp3) is 0.722.